The second kappa shape index (κ2) is 4.69. The molecule has 0 aliphatic rings. The number of benzene rings is 1. The van der Waals surface area contributed by atoms with Gasteiger partial charge in [0.2, 0.25) is 0 Å². The Morgan fingerprint density at radius 1 is 1.35 bits per heavy atom. The number of nitrogens with zero attached hydrogens (tertiary/aromatic N) is 1. The number of nitrogens with one attached hydrogen (secondary N) is 2. The second-order valence-corrected chi connectivity index (χ2v) is 3.58. The third-order valence-corrected chi connectivity index (χ3v) is 2.33. The number of aromatic nitrogens is 2. The van der Waals surface area contributed by atoms with Crippen molar-refractivity contribution in [2.75, 3.05) is 12.4 Å². The molecule has 0 radical (unpaired) electrons. The molecule has 88 valence electrons. The zero-order valence-electron chi connectivity index (χ0n) is 9.65. The van der Waals surface area contributed by atoms with E-state index in [0.717, 1.165) is 17.1 Å². The fraction of sp³-hybridized carbons (Fsp3) is 0.167. The number of rotatable bonds is 2. The molecule has 0 aliphatic heterocycles. The molecule has 2 rings (SSSR count). The van der Waals surface area contributed by atoms with Crippen LogP contribution in [0.1, 0.15) is 5.82 Å². The third kappa shape index (κ3) is 2.63. The maximum atomic E-state index is 11.0. The SMILES string of the molecule is COC(=O)Nc1ccc(-c2cnc(C)[nH]2)cc1. The maximum absolute atomic E-state index is 11.0. The minimum Gasteiger partial charge on any atom is -0.453 e. The second-order valence-electron chi connectivity index (χ2n) is 3.58. The summed E-state index contributed by atoms with van der Waals surface area (Å²) in [6.45, 7) is 1.90. The molecule has 1 amide bonds. The van der Waals surface area contributed by atoms with Gasteiger partial charge in [0.1, 0.15) is 5.82 Å². The number of methoxy groups -OCH3 is 1. The number of ether oxygens (including phenoxy) is 1. The average molecular weight is 231 g/mol. The molecule has 1 heterocycles. The number of amides is 1. The number of aromatic amines is 1. The number of hydrogen-bond acceptors (Lipinski definition) is 3. The van der Waals surface area contributed by atoms with E-state index >= 15 is 0 Å². The first-order chi connectivity index (χ1) is 8.19. The van der Waals surface area contributed by atoms with Crippen molar-refractivity contribution in [2.24, 2.45) is 0 Å². The van der Waals surface area contributed by atoms with Crippen LogP contribution in [-0.2, 0) is 4.74 Å². The van der Waals surface area contributed by atoms with Crippen LogP contribution in [0.5, 0.6) is 0 Å². The molecule has 0 fully saturated rings. The van der Waals surface area contributed by atoms with E-state index < -0.39 is 6.09 Å². The van der Waals surface area contributed by atoms with Crippen LogP contribution in [0.4, 0.5) is 10.5 Å². The Balaban J connectivity index is 2.15. The molecule has 0 atom stereocenters. The fourth-order valence-corrected chi connectivity index (χ4v) is 1.47. The first-order valence-corrected chi connectivity index (χ1v) is 5.16. The van der Waals surface area contributed by atoms with Crippen LogP contribution in [0.2, 0.25) is 0 Å². The van der Waals surface area contributed by atoms with Crippen molar-refractivity contribution in [3.8, 4) is 11.3 Å². The van der Waals surface area contributed by atoms with Crippen LogP contribution in [0.25, 0.3) is 11.3 Å². The van der Waals surface area contributed by atoms with E-state index in [4.69, 9.17) is 0 Å². The van der Waals surface area contributed by atoms with Crippen molar-refractivity contribution in [1.29, 1.82) is 0 Å². The predicted molar refractivity (Wildman–Crippen MR) is 64.8 cm³/mol. The van der Waals surface area contributed by atoms with Crippen molar-refractivity contribution in [2.45, 2.75) is 6.92 Å². The van der Waals surface area contributed by atoms with Crippen molar-refractivity contribution < 1.29 is 9.53 Å². The lowest BCUT2D eigenvalue weighted by Gasteiger charge is -2.04. The van der Waals surface area contributed by atoms with Gasteiger partial charge >= 0.3 is 6.09 Å². The highest BCUT2D eigenvalue weighted by molar-refractivity contribution is 5.84. The summed E-state index contributed by atoms with van der Waals surface area (Å²) in [5.41, 5.74) is 2.66. The molecule has 2 aromatic rings. The van der Waals surface area contributed by atoms with E-state index in [2.05, 4.69) is 20.0 Å². The summed E-state index contributed by atoms with van der Waals surface area (Å²) in [6.07, 6.45) is 1.30. The van der Waals surface area contributed by atoms with Gasteiger partial charge in [-0.2, -0.15) is 0 Å². The lowest BCUT2D eigenvalue weighted by atomic mass is 10.1. The van der Waals surface area contributed by atoms with Gasteiger partial charge in [-0.3, -0.25) is 5.32 Å². The van der Waals surface area contributed by atoms with E-state index in [1.807, 2.05) is 31.2 Å². The largest absolute Gasteiger partial charge is 0.453 e. The van der Waals surface area contributed by atoms with Crippen molar-refractivity contribution >= 4 is 11.8 Å². The van der Waals surface area contributed by atoms with E-state index in [9.17, 15) is 4.79 Å². The third-order valence-electron chi connectivity index (χ3n) is 2.33. The first-order valence-electron chi connectivity index (χ1n) is 5.16. The molecular weight excluding hydrogens is 218 g/mol. The smallest absolute Gasteiger partial charge is 0.411 e. The van der Waals surface area contributed by atoms with Gasteiger partial charge in [0.15, 0.2) is 0 Å². The Morgan fingerprint density at radius 3 is 2.59 bits per heavy atom. The summed E-state index contributed by atoms with van der Waals surface area (Å²) < 4.78 is 4.51. The van der Waals surface area contributed by atoms with E-state index in [0.29, 0.717) is 5.69 Å². The monoisotopic (exact) mass is 231 g/mol. The molecule has 17 heavy (non-hydrogen) atoms. The Bertz CT molecular complexity index is 517. The Hall–Kier alpha value is -2.30. The highest BCUT2D eigenvalue weighted by Crippen LogP contribution is 2.19. The topological polar surface area (TPSA) is 67.0 Å². The number of hydrogen-bond donors (Lipinski definition) is 2. The molecule has 2 N–H and O–H groups in total. The van der Waals surface area contributed by atoms with Gasteiger partial charge < -0.3 is 9.72 Å². The van der Waals surface area contributed by atoms with Gasteiger partial charge in [0.25, 0.3) is 0 Å². The molecule has 0 spiro atoms. The molecule has 0 saturated heterocycles. The normalized spacial score (nSPS) is 10.0. The van der Waals surface area contributed by atoms with Gasteiger partial charge in [-0.25, -0.2) is 9.78 Å². The van der Waals surface area contributed by atoms with Crippen molar-refractivity contribution in [3.05, 3.63) is 36.3 Å². The molecule has 5 nitrogen and oxygen atoms in total. The summed E-state index contributed by atoms with van der Waals surface area (Å²) >= 11 is 0. The lowest BCUT2D eigenvalue weighted by molar-refractivity contribution is 0.187. The van der Waals surface area contributed by atoms with Gasteiger partial charge in [-0.15, -0.1) is 0 Å². The van der Waals surface area contributed by atoms with Gasteiger partial charge in [-0.05, 0) is 24.6 Å². The highest BCUT2D eigenvalue weighted by Gasteiger charge is 2.03. The predicted octanol–water partition coefficient (Wildman–Crippen LogP) is 2.56. The van der Waals surface area contributed by atoms with Gasteiger partial charge in [0, 0.05) is 5.69 Å². The molecule has 5 heteroatoms. The van der Waals surface area contributed by atoms with Gasteiger partial charge in [-0.1, -0.05) is 12.1 Å². The number of aryl methyl sites for hydroxylation is 1. The molecule has 0 unspecified atom stereocenters. The summed E-state index contributed by atoms with van der Waals surface area (Å²) in [7, 11) is 1.33. The van der Waals surface area contributed by atoms with Crippen molar-refractivity contribution in [3.63, 3.8) is 0 Å². The summed E-state index contributed by atoms with van der Waals surface area (Å²) in [5.74, 6) is 0.872. The molecule has 0 saturated carbocycles. The molecule has 0 aliphatic carbocycles. The first kappa shape index (κ1) is 11.2. The van der Waals surface area contributed by atoms with E-state index in [1.165, 1.54) is 7.11 Å². The number of carbonyl (C=O) groups is 1. The zero-order valence-corrected chi connectivity index (χ0v) is 9.65. The van der Waals surface area contributed by atoms with Crippen LogP contribution in [0.3, 0.4) is 0 Å². The van der Waals surface area contributed by atoms with Crippen LogP contribution in [0, 0.1) is 6.92 Å². The van der Waals surface area contributed by atoms with Crippen LogP contribution >= 0.6 is 0 Å². The number of carbonyl (C=O) groups excluding carboxylic acids is 1. The fourth-order valence-electron chi connectivity index (χ4n) is 1.47. The minimum absolute atomic E-state index is 0.477. The zero-order chi connectivity index (χ0) is 12.3. The standard InChI is InChI=1S/C12H13N3O2/c1-8-13-7-11(14-8)9-3-5-10(6-4-9)15-12(16)17-2/h3-7H,1-2H3,(H,13,14)(H,15,16). The van der Waals surface area contributed by atoms with Crippen molar-refractivity contribution in [1.82, 2.24) is 9.97 Å². The minimum atomic E-state index is -0.477. The van der Waals surface area contributed by atoms with Crippen LogP contribution < -0.4 is 5.32 Å². The van der Waals surface area contributed by atoms with Crippen LogP contribution in [0.15, 0.2) is 30.5 Å². The summed E-state index contributed by atoms with van der Waals surface area (Å²) in [4.78, 5) is 18.3. The number of anilines is 1. The quantitative estimate of drug-likeness (QED) is 0.834. The number of imidazole rings is 1. The van der Waals surface area contributed by atoms with E-state index in [-0.39, 0.29) is 0 Å². The molecule has 0 bridgehead atoms. The molecule has 1 aromatic heterocycles. The van der Waals surface area contributed by atoms with Crippen LogP contribution in [-0.4, -0.2) is 23.2 Å². The maximum Gasteiger partial charge on any atom is 0.411 e. The molecular formula is C12H13N3O2. The summed E-state index contributed by atoms with van der Waals surface area (Å²) in [6, 6.07) is 7.42. The highest BCUT2D eigenvalue weighted by atomic mass is 16.5. The average Bonchev–Trinajstić information content (AvgIpc) is 2.77. The molecule has 1 aromatic carbocycles. The lowest BCUT2D eigenvalue weighted by Crippen LogP contribution is -2.10. The Morgan fingerprint density at radius 2 is 2.06 bits per heavy atom. The number of H-pyrrole nitrogens is 1. The Kier molecular flexibility index (Phi) is 3.09. The Labute approximate surface area is 98.8 Å². The summed E-state index contributed by atoms with van der Waals surface area (Å²) in [5, 5.41) is 2.59. The van der Waals surface area contributed by atoms with E-state index in [1.54, 1.807) is 6.20 Å². The van der Waals surface area contributed by atoms with Gasteiger partial charge in [0.05, 0.1) is 19.0 Å².